The highest BCUT2D eigenvalue weighted by molar-refractivity contribution is 5.81. The highest BCUT2D eigenvalue weighted by Crippen LogP contribution is 2.13. The molecule has 114 valence electrons. The van der Waals surface area contributed by atoms with Crippen molar-refractivity contribution in [1.82, 2.24) is 5.43 Å². The highest BCUT2D eigenvalue weighted by Gasteiger charge is 2.10. The van der Waals surface area contributed by atoms with Crippen LogP contribution in [0.1, 0.15) is 23.8 Å². The van der Waals surface area contributed by atoms with Crippen molar-refractivity contribution < 1.29 is 14.1 Å². The number of furan rings is 1. The Morgan fingerprint density at radius 2 is 1.95 bits per heavy atom. The molecule has 0 saturated carbocycles. The Bertz CT molecular complexity index is 689. The number of nitrogens with zero attached hydrogens (tertiary/aromatic N) is 2. The molecule has 0 aliphatic carbocycles. The third-order valence-corrected chi connectivity index (χ3v) is 2.97. The summed E-state index contributed by atoms with van der Waals surface area (Å²) < 4.78 is 4.87. The molecule has 7 heteroatoms. The fourth-order valence-electron chi connectivity index (χ4n) is 1.80. The van der Waals surface area contributed by atoms with Crippen molar-refractivity contribution in [2.45, 2.75) is 19.8 Å². The molecule has 0 fully saturated rings. The van der Waals surface area contributed by atoms with Gasteiger partial charge in [0.15, 0.2) is 5.76 Å². The number of hydrogen-bond donors (Lipinski definition) is 1. The predicted octanol–water partition coefficient (Wildman–Crippen LogP) is 2.44. The van der Waals surface area contributed by atoms with Gasteiger partial charge in [-0.2, -0.15) is 5.10 Å². The molecule has 0 saturated heterocycles. The van der Waals surface area contributed by atoms with Gasteiger partial charge >= 0.3 is 5.88 Å². The van der Waals surface area contributed by atoms with E-state index in [0.717, 1.165) is 12.0 Å². The zero-order valence-electron chi connectivity index (χ0n) is 12.0. The number of aryl methyl sites for hydroxylation is 1. The van der Waals surface area contributed by atoms with Crippen LogP contribution in [0.4, 0.5) is 5.88 Å². The van der Waals surface area contributed by atoms with Gasteiger partial charge in [0, 0.05) is 0 Å². The standard InChI is InChI=1S/C15H15N3O4/c1-2-11-3-5-12(6-4-11)9-14(19)17-16-10-13-7-8-15(22-13)18(20)21/h3-8,10H,2,9H2,1H3,(H,17,19)/b16-10-. The molecular formula is C15H15N3O4. The van der Waals surface area contributed by atoms with Gasteiger partial charge in [-0.15, -0.1) is 0 Å². The molecule has 1 heterocycles. The first-order chi connectivity index (χ1) is 10.6. The Morgan fingerprint density at radius 3 is 2.55 bits per heavy atom. The lowest BCUT2D eigenvalue weighted by Gasteiger charge is -2.01. The van der Waals surface area contributed by atoms with Crippen LogP contribution in [-0.4, -0.2) is 17.0 Å². The minimum atomic E-state index is -0.643. The fraction of sp³-hybridized carbons (Fsp3) is 0.200. The molecule has 0 aliphatic heterocycles. The maximum atomic E-state index is 11.7. The lowest BCUT2D eigenvalue weighted by atomic mass is 10.1. The van der Waals surface area contributed by atoms with E-state index < -0.39 is 4.92 Å². The van der Waals surface area contributed by atoms with Gasteiger partial charge in [-0.1, -0.05) is 31.2 Å². The van der Waals surface area contributed by atoms with E-state index >= 15 is 0 Å². The summed E-state index contributed by atoms with van der Waals surface area (Å²) in [5, 5.41) is 14.1. The van der Waals surface area contributed by atoms with Gasteiger partial charge in [-0.3, -0.25) is 14.9 Å². The summed E-state index contributed by atoms with van der Waals surface area (Å²) in [6, 6.07) is 10.4. The van der Waals surface area contributed by atoms with Crippen LogP contribution in [0.2, 0.25) is 0 Å². The molecule has 1 N–H and O–H groups in total. The average molecular weight is 301 g/mol. The van der Waals surface area contributed by atoms with Crippen LogP contribution < -0.4 is 5.43 Å². The molecule has 0 spiro atoms. The van der Waals surface area contributed by atoms with Crippen molar-refractivity contribution in [3.63, 3.8) is 0 Å². The molecule has 2 aromatic rings. The molecule has 0 bridgehead atoms. The summed E-state index contributed by atoms with van der Waals surface area (Å²) in [4.78, 5) is 21.5. The van der Waals surface area contributed by atoms with Crippen molar-refractivity contribution >= 4 is 18.0 Å². The second-order valence-electron chi connectivity index (χ2n) is 4.57. The summed E-state index contributed by atoms with van der Waals surface area (Å²) in [5.41, 5.74) is 4.44. The van der Waals surface area contributed by atoms with E-state index in [4.69, 9.17) is 4.42 Å². The first-order valence-electron chi connectivity index (χ1n) is 6.72. The molecular weight excluding hydrogens is 286 g/mol. The lowest BCUT2D eigenvalue weighted by Crippen LogP contribution is -2.19. The Kier molecular flexibility index (Phi) is 5.02. The van der Waals surface area contributed by atoms with Gasteiger partial charge in [0.05, 0.1) is 18.7 Å². The number of benzene rings is 1. The van der Waals surface area contributed by atoms with Crippen molar-refractivity contribution in [2.24, 2.45) is 5.10 Å². The summed E-state index contributed by atoms with van der Waals surface area (Å²) >= 11 is 0. The zero-order valence-corrected chi connectivity index (χ0v) is 12.0. The normalized spacial score (nSPS) is 10.8. The largest absolute Gasteiger partial charge is 0.433 e. The number of hydrazone groups is 1. The van der Waals surface area contributed by atoms with Crippen LogP contribution in [0, 0.1) is 10.1 Å². The van der Waals surface area contributed by atoms with Crippen molar-refractivity contribution in [2.75, 3.05) is 0 Å². The molecule has 1 amide bonds. The Balaban J connectivity index is 1.85. The summed E-state index contributed by atoms with van der Waals surface area (Å²) in [7, 11) is 0. The Labute approximate surface area is 126 Å². The van der Waals surface area contributed by atoms with Crippen molar-refractivity contribution in [1.29, 1.82) is 0 Å². The second-order valence-corrected chi connectivity index (χ2v) is 4.57. The van der Waals surface area contributed by atoms with E-state index in [1.807, 2.05) is 24.3 Å². The van der Waals surface area contributed by atoms with Crippen LogP contribution in [0.5, 0.6) is 0 Å². The SMILES string of the molecule is CCc1ccc(CC(=O)N/N=C\c2ccc([N+](=O)[O-])o2)cc1. The third kappa shape index (κ3) is 4.27. The second kappa shape index (κ2) is 7.16. The number of amides is 1. The zero-order chi connectivity index (χ0) is 15.9. The number of carbonyl (C=O) groups excluding carboxylic acids is 1. The average Bonchev–Trinajstić information content (AvgIpc) is 2.97. The third-order valence-electron chi connectivity index (χ3n) is 2.97. The number of carbonyl (C=O) groups is 1. The monoisotopic (exact) mass is 301 g/mol. The fourth-order valence-corrected chi connectivity index (χ4v) is 1.80. The lowest BCUT2D eigenvalue weighted by molar-refractivity contribution is -0.402. The minimum Gasteiger partial charge on any atom is -0.400 e. The van der Waals surface area contributed by atoms with Gasteiger partial charge in [0.25, 0.3) is 0 Å². The van der Waals surface area contributed by atoms with Gasteiger partial charge < -0.3 is 4.42 Å². The van der Waals surface area contributed by atoms with Crippen molar-refractivity contribution in [3.8, 4) is 0 Å². The highest BCUT2D eigenvalue weighted by atomic mass is 16.6. The Morgan fingerprint density at radius 1 is 1.27 bits per heavy atom. The Hall–Kier alpha value is -2.96. The molecule has 0 radical (unpaired) electrons. The van der Waals surface area contributed by atoms with Crippen LogP contribution in [-0.2, 0) is 17.6 Å². The van der Waals surface area contributed by atoms with Gasteiger partial charge in [0.1, 0.15) is 4.92 Å². The molecule has 2 rings (SSSR count). The summed E-state index contributed by atoms with van der Waals surface area (Å²) in [5.74, 6) is -0.454. The maximum absolute atomic E-state index is 11.7. The number of rotatable bonds is 6. The van der Waals surface area contributed by atoms with E-state index in [0.29, 0.717) is 0 Å². The molecule has 1 aromatic carbocycles. The number of nitrogens with one attached hydrogen (secondary N) is 1. The van der Waals surface area contributed by atoms with Crippen LogP contribution >= 0.6 is 0 Å². The van der Waals surface area contributed by atoms with E-state index in [1.54, 1.807) is 0 Å². The van der Waals surface area contributed by atoms with Gasteiger partial charge in [-0.25, -0.2) is 5.43 Å². The van der Waals surface area contributed by atoms with E-state index in [1.165, 1.54) is 23.9 Å². The van der Waals surface area contributed by atoms with Gasteiger partial charge in [-0.05, 0) is 23.6 Å². The van der Waals surface area contributed by atoms with Crippen molar-refractivity contribution in [3.05, 3.63) is 63.4 Å². The molecule has 0 unspecified atom stereocenters. The quantitative estimate of drug-likeness (QED) is 0.503. The minimum absolute atomic E-state index is 0.194. The van der Waals surface area contributed by atoms with Crippen LogP contribution in [0.25, 0.3) is 0 Å². The molecule has 0 aliphatic rings. The summed E-state index contributed by atoms with van der Waals surface area (Å²) in [6.07, 6.45) is 2.37. The smallest absolute Gasteiger partial charge is 0.400 e. The molecule has 0 atom stereocenters. The predicted molar refractivity (Wildman–Crippen MR) is 80.6 cm³/mol. The maximum Gasteiger partial charge on any atom is 0.433 e. The van der Waals surface area contributed by atoms with Crippen LogP contribution in [0.3, 0.4) is 0 Å². The summed E-state index contributed by atoms with van der Waals surface area (Å²) in [6.45, 7) is 2.06. The number of nitro groups is 1. The van der Waals surface area contributed by atoms with Crippen LogP contribution in [0.15, 0.2) is 45.9 Å². The van der Waals surface area contributed by atoms with E-state index in [9.17, 15) is 14.9 Å². The molecule has 7 nitrogen and oxygen atoms in total. The van der Waals surface area contributed by atoms with E-state index in [-0.39, 0.29) is 24.0 Å². The topological polar surface area (TPSA) is 97.7 Å². The number of hydrogen-bond acceptors (Lipinski definition) is 5. The first kappa shape index (κ1) is 15.4. The molecule has 1 aromatic heterocycles. The van der Waals surface area contributed by atoms with Gasteiger partial charge in [0.2, 0.25) is 5.91 Å². The first-order valence-corrected chi connectivity index (χ1v) is 6.72. The van der Waals surface area contributed by atoms with E-state index in [2.05, 4.69) is 17.5 Å². The molecule has 22 heavy (non-hydrogen) atoms.